The minimum Gasteiger partial charge on any atom is -0.372 e. The third-order valence-corrected chi connectivity index (χ3v) is 4.41. The van der Waals surface area contributed by atoms with Gasteiger partial charge in [0.25, 0.3) is 5.91 Å². The average molecular weight is 326 g/mol. The number of quaternary nitrogens is 1. The number of halogens is 1. The third kappa shape index (κ3) is 5.27. The second-order valence-electron chi connectivity index (χ2n) is 5.98. The molecule has 2 N–H and O–H groups in total. The van der Waals surface area contributed by atoms with Crippen LogP contribution in [0.3, 0.4) is 0 Å². The van der Waals surface area contributed by atoms with E-state index in [0.717, 1.165) is 43.8 Å². The monoisotopic (exact) mass is 325 g/mol. The van der Waals surface area contributed by atoms with E-state index in [1.54, 1.807) is 6.07 Å². The molecular weight excluding hydrogens is 300 g/mol. The van der Waals surface area contributed by atoms with Gasteiger partial charge in [0.1, 0.15) is 12.6 Å². The normalized spacial score (nSPS) is 19.7. The van der Waals surface area contributed by atoms with Crippen molar-refractivity contribution in [1.29, 1.82) is 0 Å². The van der Waals surface area contributed by atoms with Crippen molar-refractivity contribution in [3.63, 3.8) is 0 Å². The highest BCUT2D eigenvalue weighted by molar-refractivity contribution is 6.31. The molecule has 1 saturated heterocycles. The number of ether oxygens (including phenoxy) is 1. The van der Waals surface area contributed by atoms with Gasteiger partial charge in [-0.15, -0.1) is 0 Å². The highest BCUT2D eigenvalue weighted by Crippen LogP contribution is 2.19. The Kier molecular flexibility index (Phi) is 6.68. The zero-order valence-electron chi connectivity index (χ0n) is 13.5. The Bertz CT molecular complexity index is 501. The molecule has 0 aliphatic carbocycles. The van der Waals surface area contributed by atoms with Crippen LogP contribution in [0.4, 0.5) is 5.69 Å². The third-order valence-electron chi connectivity index (χ3n) is 4.17. The number of benzene rings is 1. The van der Waals surface area contributed by atoms with Crippen molar-refractivity contribution in [3.05, 3.63) is 28.8 Å². The van der Waals surface area contributed by atoms with Gasteiger partial charge in [-0.1, -0.05) is 17.7 Å². The van der Waals surface area contributed by atoms with Crippen molar-refractivity contribution in [2.24, 2.45) is 0 Å². The van der Waals surface area contributed by atoms with Crippen LogP contribution in [0, 0.1) is 6.92 Å². The molecule has 0 saturated carbocycles. The van der Waals surface area contributed by atoms with E-state index < -0.39 is 0 Å². The van der Waals surface area contributed by atoms with E-state index in [1.807, 2.05) is 19.1 Å². The van der Waals surface area contributed by atoms with Gasteiger partial charge in [0.15, 0.2) is 6.54 Å². The molecular formula is C17H26ClN2O2+. The molecule has 0 aromatic heterocycles. The van der Waals surface area contributed by atoms with Crippen LogP contribution in [-0.4, -0.2) is 38.3 Å². The zero-order chi connectivity index (χ0) is 15.9. The number of rotatable bonds is 6. The van der Waals surface area contributed by atoms with Gasteiger partial charge >= 0.3 is 0 Å². The van der Waals surface area contributed by atoms with Crippen molar-refractivity contribution in [2.75, 3.05) is 31.6 Å². The highest BCUT2D eigenvalue weighted by atomic mass is 35.5. The molecule has 0 radical (unpaired) electrons. The van der Waals surface area contributed by atoms with Crippen LogP contribution in [0.25, 0.3) is 0 Å². The Morgan fingerprint density at radius 3 is 2.95 bits per heavy atom. The summed E-state index contributed by atoms with van der Waals surface area (Å²) < 4.78 is 5.77. The molecule has 1 aliphatic heterocycles. The standard InChI is InChI=1S/C17H25ClN2O2/c1-3-20(11-15-6-4-5-9-22-15)12-17(21)19-16-10-14(18)8-7-13(16)2/h7-8,10,15H,3-6,9,11-12H2,1-2H3,(H,19,21)/p+1/t15-/m1/s1. The molecule has 1 heterocycles. The van der Waals surface area contributed by atoms with E-state index in [1.165, 1.54) is 11.3 Å². The summed E-state index contributed by atoms with van der Waals surface area (Å²) in [7, 11) is 0. The van der Waals surface area contributed by atoms with Gasteiger partial charge in [-0.25, -0.2) is 0 Å². The molecule has 1 amide bonds. The molecule has 1 aliphatic rings. The molecule has 4 nitrogen and oxygen atoms in total. The Labute approximate surface area is 137 Å². The first-order valence-corrected chi connectivity index (χ1v) is 8.47. The molecule has 1 fully saturated rings. The summed E-state index contributed by atoms with van der Waals surface area (Å²) in [6, 6.07) is 5.54. The first kappa shape index (κ1) is 17.3. The van der Waals surface area contributed by atoms with Gasteiger partial charge in [0.2, 0.25) is 0 Å². The lowest BCUT2D eigenvalue weighted by atomic mass is 10.1. The molecule has 1 unspecified atom stereocenters. The maximum Gasteiger partial charge on any atom is 0.279 e. The molecule has 2 atom stereocenters. The van der Waals surface area contributed by atoms with E-state index in [2.05, 4.69) is 12.2 Å². The molecule has 5 heteroatoms. The average Bonchev–Trinajstić information content (AvgIpc) is 2.51. The summed E-state index contributed by atoms with van der Waals surface area (Å²) in [5, 5.41) is 3.60. The van der Waals surface area contributed by atoms with Gasteiger partial charge in [-0.3, -0.25) is 4.79 Å². The molecule has 1 aromatic rings. The minimum atomic E-state index is 0.0260. The number of carbonyl (C=O) groups excluding carboxylic acids is 1. The quantitative estimate of drug-likeness (QED) is 0.841. The maximum atomic E-state index is 12.3. The van der Waals surface area contributed by atoms with E-state index in [-0.39, 0.29) is 5.91 Å². The SMILES string of the molecule is CC[NH+](CC(=O)Nc1cc(Cl)ccc1C)C[C@H]1CCCCO1. The van der Waals surface area contributed by atoms with Gasteiger partial charge in [0.05, 0.1) is 6.54 Å². The predicted octanol–water partition coefficient (Wildman–Crippen LogP) is 2.06. The summed E-state index contributed by atoms with van der Waals surface area (Å²) in [6.45, 7) is 7.21. The fraction of sp³-hybridized carbons (Fsp3) is 0.588. The molecule has 22 heavy (non-hydrogen) atoms. The number of amides is 1. The Morgan fingerprint density at radius 2 is 2.27 bits per heavy atom. The number of aryl methyl sites for hydroxylation is 1. The van der Waals surface area contributed by atoms with Gasteiger partial charge in [0, 0.05) is 17.3 Å². The van der Waals surface area contributed by atoms with Crippen LogP contribution in [0.1, 0.15) is 31.7 Å². The first-order valence-electron chi connectivity index (χ1n) is 8.09. The fourth-order valence-corrected chi connectivity index (χ4v) is 2.95. The second-order valence-corrected chi connectivity index (χ2v) is 6.42. The van der Waals surface area contributed by atoms with E-state index in [0.29, 0.717) is 17.7 Å². The number of nitrogens with one attached hydrogen (secondary N) is 2. The number of hydrogen-bond donors (Lipinski definition) is 2. The van der Waals surface area contributed by atoms with E-state index in [9.17, 15) is 4.79 Å². The summed E-state index contributed by atoms with van der Waals surface area (Å²) in [4.78, 5) is 13.5. The number of anilines is 1. The minimum absolute atomic E-state index is 0.0260. The number of carbonyl (C=O) groups is 1. The van der Waals surface area contributed by atoms with Crippen LogP contribution < -0.4 is 10.2 Å². The molecule has 1 aromatic carbocycles. The summed E-state index contributed by atoms with van der Waals surface area (Å²) >= 11 is 5.99. The van der Waals surface area contributed by atoms with Crippen molar-refractivity contribution < 1.29 is 14.4 Å². The molecule has 122 valence electrons. The zero-order valence-corrected chi connectivity index (χ0v) is 14.2. The van der Waals surface area contributed by atoms with Crippen LogP contribution in [0.5, 0.6) is 0 Å². The lowest BCUT2D eigenvalue weighted by Crippen LogP contribution is -3.13. The van der Waals surface area contributed by atoms with Crippen LogP contribution in [-0.2, 0) is 9.53 Å². The second kappa shape index (κ2) is 8.51. The Morgan fingerprint density at radius 1 is 1.45 bits per heavy atom. The molecule has 0 bridgehead atoms. The fourth-order valence-electron chi connectivity index (χ4n) is 2.78. The van der Waals surface area contributed by atoms with Crippen molar-refractivity contribution in [1.82, 2.24) is 0 Å². The van der Waals surface area contributed by atoms with Crippen LogP contribution in [0.15, 0.2) is 18.2 Å². The topological polar surface area (TPSA) is 42.8 Å². The smallest absolute Gasteiger partial charge is 0.279 e. The van der Waals surface area contributed by atoms with Crippen LogP contribution >= 0.6 is 11.6 Å². The van der Waals surface area contributed by atoms with Crippen molar-refractivity contribution >= 4 is 23.2 Å². The summed E-state index contributed by atoms with van der Waals surface area (Å²) in [5.74, 6) is 0.0260. The lowest BCUT2D eigenvalue weighted by Gasteiger charge is -2.26. The lowest BCUT2D eigenvalue weighted by molar-refractivity contribution is -0.893. The number of likely N-dealkylation sites (N-methyl/N-ethyl adjacent to an activating group) is 1. The van der Waals surface area contributed by atoms with Gasteiger partial charge in [-0.2, -0.15) is 0 Å². The van der Waals surface area contributed by atoms with Gasteiger partial charge in [-0.05, 0) is 50.8 Å². The molecule has 2 rings (SSSR count). The Balaban J connectivity index is 1.87. The van der Waals surface area contributed by atoms with Crippen LogP contribution in [0.2, 0.25) is 5.02 Å². The summed E-state index contributed by atoms with van der Waals surface area (Å²) in [6.07, 6.45) is 3.80. The highest BCUT2D eigenvalue weighted by Gasteiger charge is 2.21. The molecule has 0 spiro atoms. The van der Waals surface area contributed by atoms with Crippen molar-refractivity contribution in [3.8, 4) is 0 Å². The first-order chi connectivity index (χ1) is 10.6. The largest absolute Gasteiger partial charge is 0.372 e. The summed E-state index contributed by atoms with van der Waals surface area (Å²) in [5.41, 5.74) is 1.81. The Hall–Kier alpha value is -1.10. The predicted molar refractivity (Wildman–Crippen MR) is 89.6 cm³/mol. The van der Waals surface area contributed by atoms with Crippen molar-refractivity contribution in [2.45, 2.75) is 39.2 Å². The maximum absolute atomic E-state index is 12.3. The van der Waals surface area contributed by atoms with E-state index >= 15 is 0 Å². The number of hydrogen-bond acceptors (Lipinski definition) is 2. The van der Waals surface area contributed by atoms with Gasteiger partial charge < -0.3 is 15.0 Å². The van der Waals surface area contributed by atoms with E-state index in [4.69, 9.17) is 16.3 Å².